The van der Waals surface area contributed by atoms with E-state index in [-0.39, 0.29) is 5.41 Å². The molecule has 1 aliphatic carbocycles. The van der Waals surface area contributed by atoms with Gasteiger partial charge in [-0.05, 0) is 18.3 Å². The molecule has 1 aromatic rings. The molecule has 0 spiro atoms. The van der Waals surface area contributed by atoms with Crippen LogP contribution in [-0.4, -0.2) is 16.5 Å². The first-order valence-corrected chi connectivity index (χ1v) is 6.50. The second kappa shape index (κ2) is 4.72. The zero-order chi connectivity index (χ0) is 13.3. The van der Waals surface area contributed by atoms with E-state index in [1.807, 2.05) is 6.07 Å². The van der Waals surface area contributed by atoms with Gasteiger partial charge in [0.15, 0.2) is 0 Å². The number of hydrogen-bond donors (Lipinski definition) is 3. The lowest BCUT2D eigenvalue weighted by atomic mass is 9.96. The smallest absolute Gasteiger partial charge is 0.145 e. The Morgan fingerprint density at radius 3 is 2.44 bits per heavy atom. The summed E-state index contributed by atoms with van der Waals surface area (Å²) in [6.07, 6.45) is 1.31. The van der Waals surface area contributed by atoms with Crippen molar-refractivity contribution in [2.45, 2.75) is 39.5 Å². The van der Waals surface area contributed by atoms with E-state index in [1.54, 1.807) is 0 Å². The summed E-state index contributed by atoms with van der Waals surface area (Å²) in [5, 5.41) is 3.38. The Kier molecular flexibility index (Phi) is 3.43. The summed E-state index contributed by atoms with van der Waals surface area (Å²) < 4.78 is 0. The lowest BCUT2D eigenvalue weighted by Crippen LogP contribution is -2.20. The highest BCUT2D eigenvalue weighted by Gasteiger charge is 2.32. The average molecular weight is 249 g/mol. The van der Waals surface area contributed by atoms with Gasteiger partial charge in [0.1, 0.15) is 17.5 Å². The van der Waals surface area contributed by atoms with Crippen molar-refractivity contribution in [2.24, 2.45) is 17.7 Å². The van der Waals surface area contributed by atoms with Crippen molar-refractivity contribution in [3.63, 3.8) is 0 Å². The number of nitrogens with one attached hydrogen (secondary N) is 2. The summed E-state index contributed by atoms with van der Waals surface area (Å²) in [5.41, 5.74) is 2.51. The highest BCUT2D eigenvalue weighted by molar-refractivity contribution is 5.47. The summed E-state index contributed by atoms with van der Waals surface area (Å²) in [4.78, 5) is 8.95. The van der Waals surface area contributed by atoms with E-state index < -0.39 is 0 Å². The third-order valence-electron chi connectivity index (χ3n) is 3.37. The Hall–Kier alpha value is -1.36. The van der Waals surface area contributed by atoms with Gasteiger partial charge in [-0.25, -0.2) is 15.8 Å². The fourth-order valence-corrected chi connectivity index (χ4v) is 1.87. The Balaban J connectivity index is 2.13. The van der Waals surface area contributed by atoms with Crippen molar-refractivity contribution < 1.29 is 0 Å². The summed E-state index contributed by atoms with van der Waals surface area (Å²) in [6.45, 7) is 9.53. The van der Waals surface area contributed by atoms with Gasteiger partial charge in [-0.1, -0.05) is 27.7 Å². The minimum absolute atomic E-state index is 0.0871. The highest BCUT2D eigenvalue weighted by Crippen LogP contribution is 2.37. The van der Waals surface area contributed by atoms with Gasteiger partial charge in [0.2, 0.25) is 0 Å². The molecule has 5 nitrogen and oxygen atoms in total. The third kappa shape index (κ3) is 3.10. The molecule has 0 aliphatic heterocycles. The molecule has 1 saturated carbocycles. The highest BCUT2D eigenvalue weighted by atomic mass is 15.3. The number of nitrogen functional groups attached to an aromatic ring is 1. The van der Waals surface area contributed by atoms with Crippen LogP contribution in [-0.2, 0) is 5.41 Å². The van der Waals surface area contributed by atoms with Crippen LogP contribution in [0.3, 0.4) is 0 Å². The normalized spacial score (nSPS) is 22.7. The first-order chi connectivity index (χ1) is 8.40. The zero-order valence-electron chi connectivity index (χ0n) is 11.6. The molecule has 5 heteroatoms. The SMILES string of the molecule is CC1CC1CNc1cc(NN)nc(C(C)(C)C)n1. The van der Waals surface area contributed by atoms with Crippen LogP contribution < -0.4 is 16.6 Å². The van der Waals surface area contributed by atoms with Crippen molar-refractivity contribution in [2.75, 3.05) is 17.3 Å². The first kappa shape index (κ1) is 13.1. The van der Waals surface area contributed by atoms with E-state index in [4.69, 9.17) is 5.84 Å². The molecule has 1 fully saturated rings. The molecule has 0 saturated heterocycles. The standard InChI is InChI=1S/C13H23N5/c1-8-5-9(8)7-15-10-6-11(18-14)17-12(16-10)13(2,3)4/h6,8-9H,5,7,14H2,1-4H3,(H2,15,16,17,18). The quantitative estimate of drug-likeness (QED) is 0.563. The van der Waals surface area contributed by atoms with Crippen LogP contribution in [0, 0.1) is 11.8 Å². The summed E-state index contributed by atoms with van der Waals surface area (Å²) >= 11 is 0. The summed E-state index contributed by atoms with van der Waals surface area (Å²) in [6, 6.07) is 1.85. The molecule has 0 bridgehead atoms. The van der Waals surface area contributed by atoms with Gasteiger partial charge >= 0.3 is 0 Å². The van der Waals surface area contributed by atoms with E-state index in [9.17, 15) is 0 Å². The fraction of sp³-hybridized carbons (Fsp3) is 0.692. The third-order valence-corrected chi connectivity index (χ3v) is 3.37. The molecule has 2 atom stereocenters. The molecule has 1 aromatic heterocycles. The predicted molar refractivity (Wildman–Crippen MR) is 74.3 cm³/mol. The van der Waals surface area contributed by atoms with Crippen LogP contribution in [0.2, 0.25) is 0 Å². The van der Waals surface area contributed by atoms with E-state index in [0.717, 1.165) is 30.0 Å². The summed E-state index contributed by atoms with van der Waals surface area (Å²) in [7, 11) is 0. The molecule has 0 amide bonds. The molecule has 4 N–H and O–H groups in total. The van der Waals surface area contributed by atoms with Gasteiger partial charge in [-0.3, -0.25) is 0 Å². The number of hydrogen-bond acceptors (Lipinski definition) is 5. The Bertz CT molecular complexity index is 424. The minimum Gasteiger partial charge on any atom is -0.370 e. The Morgan fingerprint density at radius 2 is 1.94 bits per heavy atom. The molecule has 0 aromatic carbocycles. The van der Waals surface area contributed by atoms with Crippen molar-refractivity contribution >= 4 is 11.6 Å². The van der Waals surface area contributed by atoms with Gasteiger partial charge < -0.3 is 10.7 Å². The van der Waals surface area contributed by atoms with Crippen molar-refractivity contribution in [1.82, 2.24) is 9.97 Å². The number of aromatic nitrogens is 2. The lowest BCUT2D eigenvalue weighted by Gasteiger charge is -2.18. The van der Waals surface area contributed by atoms with Gasteiger partial charge in [-0.15, -0.1) is 0 Å². The van der Waals surface area contributed by atoms with E-state index in [2.05, 4.69) is 48.4 Å². The van der Waals surface area contributed by atoms with Crippen LogP contribution in [0.25, 0.3) is 0 Å². The van der Waals surface area contributed by atoms with E-state index >= 15 is 0 Å². The molecule has 2 rings (SSSR count). The molecule has 18 heavy (non-hydrogen) atoms. The van der Waals surface area contributed by atoms with Crippen LogP contribution in [0.1, 0.15) is 39.9 Å². The van der Waals surface area contributed by atoms with Crippen molar-refractivity contribution in [3.05, 3.63) is 11.9 Å². The van der Waals surface area contributed by atoms with Crippen LogP contribution in [0.4, 0.5) is 11.6 Å². The van der Waals surface area contributed by atoms with E-state index in [1.165, 1.54) is 6.42 Å². The lowest BCUT2D eigenvalue weighted by molar-refractivity contribution is 0.546. The largest absolute Gasteiger partial charge is 0.370 e. The van der Waals surface area contributed by atoms with E-state index in [0.29, 0.717) is 5.82 Å². The summed E-state index contributed by atoms with van der Waals surface area (Å²) in [5.74, 6) is 9.38. The second-order valence-electron chi connectivity index (χ2n) is 6.21. The molecule has 2 unspecified atom stereocenters. The molecule has 1 aliphatic rings. The maximum Gasteiger partial charge on any atom is 0.145 e. The number of nitrogens with two attached hydrogens (primary N) is 1. The maximum absolute atomic E-state index is 5.45. The van der Waals surface area contributed by atoms with Gasteiger partial charge in [0, 0.05) is 18.0 Å². The Labute approximate surface area is 109 Å². The minimum atomic E-state index is -0.0871. The topological polar surface area (TPSA) is 75.9 Å². The molecule has 100 valence electrons. The number of hydrazine groups is 1. The van der Waals surface area contributed by atoms with Gasteiger partial charge in [-0.2, -0.15) is 0 Å². The van der Waals surface area contributed by atoms with Crippen molar-refractivity contribution in [3.8, 4) is 0 Å². The molecule has 1 heterocycles. The molecular weight excluding hydrogens is 226 g/mol. The van der Waals surface area contributed by atoms with Crippen LogP contribution in [0.15, 0.2) is 6.07 Å². The number of anilines is 2. The second-order valence-corrected chi connectivity index (χ2v) is 6.21. The first-order valence-electron chi connectivity index (χ1n) is 6.50. The predicted octanol–water partition coefficient (Wildman–Crippen LogP) is 2.13. The fourth-order valence-electron chi connectivity index (χ4n) is 1.87. The van der Waals surface area contributed by atoms with Crippen molar-refractivity contribution in [1.29, 1.82) is 0 Å². The van der Waals surface area contributed by atoms with Crippen LogP contribution >= 0.6 is 0 Å². The average Bonchev–Trinajstić information content (AvgIpc) is 3.01. The van der Waals surface area contributed by atoms with Crippen LogP contribution in [0.5, 0.6) is 0 Å². The monoisotopic (exact) mass is 249 g/mol. The van der Waals surface area contributed by atoms with Gasteiger partial charge in [0.05, 0.1) is 0 Å². The molecular formula is C13H23N5. The maximum atomic E-state index is 5.45. The van der Waals surface area contributed by atoms with Gasteiger partial charge in [0.25, 0.3) is 0 Å². The number of nitrogens with zero attached hydrogens (tertiary/aromatic N) is 2. The number of rotatable bonds is 4. The molecule has 0 radical (unpaired) electrons. The zero-order valence-corrected chi connectivity index (χ0v) is 11.6. The Morgan fingerprint density at radius 1 is 1.33 bits per heavy atom.